The summed E-state index contributed by atoms with van der Waals surface area (Å²) in [5, 5.41) is 10.6. The number of aliphatic hydroxyl groups is 1. The summed E-state index contributed by atoms with van der Waals surface area (Å²) >= 11 is 0. The molecule has 1 aromatic carbocycles. The van der Waals surface area contributed by atoms with Crippen molar-refractivity contribution in [3.8, 4) is 0 Å². The van der Waals surface area contributed by atoms with E-state index in [9.17, 15) is 19.5 Å². The minimum absolute atomic E-state index is 0.0714. The van der Waals surface area contributed by atoms with Gasteiger partial charge in [0.05, 0.1) is 30.1 Å². The van der Waals surface area contributed by atoms with E-state index in [1.54, 1.807) is 33.9 Å². The molecule has 4 rings (SSSR count). The number of aliphatic hydroxyl groups excluding tert-OH is 1. The Morgan fingerprint density at radius 1 is 1.18 bits per heavy atom. The first kappa shape index (κ1) is 30.0. The number of likely N-dealkylation sites (tertiary alicyclic amines) is 1. The Hall–Kier alpha value is -2.97. The van der Waals surface area contributed by atoms with Crippen LogP contribution in [0.5, 0.6) is 0 Å². The highest BCUT2D eigenvalue weighted by Crippen LogP contribution is 2.64. The third-order valence-corrected chi connectivity index (χ3v) is 9.63. The molecule has 3 amide bonds. The van der Waals surface area contributed by atoms with Gasteiger partial charge in [-0.05, 0) is 50.7 Å². The number of fused-ring (bicyclic) bond motifs is 1. The van der Waals surface area contributed by atoms with Crippen LogP contribution in [0.4, 0.5) is 5.69 Å². The third kappa shape index (κ3) is 4.40. The Morgan fingerprint density at radius 2 is 1.80 bits per heavy atom. The van der Waals surface area contributed by atoms with Gasteiger partial charge in [-0.2, -0.15) is 0 Å². The first-order valence-corrected chi connectivity index (χ1v) is 14.4. The molecular weight excluding hydrogens is 506 g/mol. The number of rotatable bonds is 11. The number of amides is 3. The number of hydrogen-bond acceptors (Lipinski definition) is 5. The van der Waals surface area contributed by atoms with Crippen molar-refractivity contribution in [1.29, 1.82) is 0 Å². The molecule has 0 aliphatic carbocycles. The molecule has 3 saturated heterocycles. The maximum Gasteiger partial charge on any atom is 0.253 e. The fraction of sp³-hybridized carbons (Fsp3) is 0.594. The largest absolute Gasteiger partial charge is 0.394 e. The highest BCUT2D eigenvalue weighted by atomic mass is 16.5. The van der Waals surface area contributed by atoms with Gasteiger partial charge in [-0.1, -0.05) is 50.6 Å². The monoisotopic (exact) mass is 551 g/mol. The maximum atomic E-state index is 14.9. The molecule has 2 bridgehead atoms. The summed E-state index contributed by atoms with van der Waals surface area (Å²) in [5.41, 5.74) is 0.604. The van der Waals surface area contributed by atoms with Gasteiger partial charge in [-0.25, -0.2) is 0 Å². The van der Waals surface area contributed by atoms with E-state index in [1.165, 1.54) is 0 Å². The van der Waals surface area contributed by atoms with Gasteiger partial charge in [0.25, 0.3) is 5.91 Å². The van der Waals surface area contributed by atoms with Crippen LogP contribution in [-0.4, -0.2) is 82.7 Å². The van der Waals surface area contributed by atoms with Gasteiger partial charge in [0.15, 0.2) is 0 Å². The molecule has 40 heavy (non-hydrogen) atoms. The standard InChI is InChI=1S/C32H45N3O5/c1-9-17-33(8)28(37)24-25-29(38)35(23(19-36)20(4)11-3)27(32(25)16-15-31(24,7)40-32)30(39)34(18-10-2)26-21(5)13-12-14-22(26)6/h9-10,12-14,20,23-25,27,36H,1-2,11,15-19H2,3-8H3/t20-,23-,24-,25-,27?,31+,32?/m0/s1. The minimum Gasteiger partial charge on any atom is -0.394 e. The van der Waals surface area contributed by atoms with Crippen molar-refractivity contribution < 1.29 is 24.2 Å². The molecule has 7 atom stereocenters. The van der Waals surface area contributed by atoms with Crippen LogP contribution in [0.15, 0.2) is 43.5 Å². The third-order valence-electron chi connectivity index (χ3n) is 9.63. The Labute approximate surface area is 238 Å². The number of carbonyl (C=O) groups is 3. The van der Waals surface area contributed by atoms with Crippen molar-refractivity contribution in [1.82, 2.24) is 9.80 Å². The predicted octanol–water partition coefficient (Wildman–Crippen LogP) is 3.64. The van der Waals surface area contributed by atoms with Crippen LogP contribution < -0.4 is 4.90 Å². The number of para-hydroxylation sites is 1. The summed E-state index contributed by atoms with van der Waals surface area (Å²) in [7, 11) is 1.70. The van der Waals surface area contributed by atoms with E-state index >= 15 is 0 Å². The van der Waals surface area contributed by atoms with Crippen LogP contribution in [0.3, 0.4) is 0 Å². The van der Waals surface area contributed by atoms with E-state index in [2.05, 4.69) is 13.2 Å². The van der Waals surface area contributed by atoms with Crippen LogP contribution >= 0.6 is 0 Å². The summed E-state index contributed by atoms with van der Waals surface area (Å²) in [4.78, 5) is 48.1. The molecule has 1 spiro atoms. The van der Waals surface area contributed by atoms with Crippen molar-refractivity contribution in [2.45, 2.75) is 77.2 Å². The van der Waals surface area contributed by atoms with E-state index < -0.39 is 35.1 Å². The number of likely N-dealkylation sites (N-methyl/N-ethyl adjacent to an activating group) is 1. The van der Waals surface area contributed by atoms with Gasteiger partial charge in [0.2, 0.25) is 11.8 Å². The fourth-order valence-corrected chi connectivity index (χ4v) is 7.51. The molecule has 1 aromatic rings. The molecule has 3 aliphatic rings. The first-order valence-electron chi connectivity index (χ1n) is 14.4. The van der Waals surface area contributed by atoms with Crippen molar-refractivity contribution in [3.63, 3.8) is 0 Å². The summed E-state index contributed by atoms with van der Waals surface area (Å²) in [5.74, 6) is -2.36. The van der Waals surface area contributed by atoms with Crippen LogP contribution in [0.1, 0.15) is 51.2 Å². The molecule has 218 valence electrons. The van der Waals surface area contributed by atoms with Crippen LogP contribution in [0.2, 0.25) is 0 Å². The SMILES string of the molecule is C=CCN(C)C(=O)[C@@H]1[C@H]2C(=O)N([C@@H](CO)[C@@H](C)CC)C(C(=O)N(CC=C)c3c(C)cccc3C)C23CC[C@@]1(C)O3. The minimum atomic E-state index is -1.17. The number of aryl methyl sites for hydroxylation is 2. The van der Waals surface area contributed by atoms with E-state index in [1.807, 2.05) is 52.8 Å². The van der Waals surface area contributed by atoms with Crippen molar-refractivity contribution in [2.75, 3.05) is 31.6 Å². The van der Waals surface area contributed by atoms with Crippen molar-refractivity contribution in [2.24, 2.45) is 17.8 Å². The molecule has 0 radical (unpaired) electrons. The summed E-state index contributed by atoms with van der Waals surface area (Å²) in [6.07, 6.45) is 5.09. The quantitative estimate of drug-likeness (QED) is 0.424. The molecule has 0 aromatic heterocycles. The molecular formula is C32H45N3O5. The Bertz CT molecular complexity index is 1180. The molecule has 3 aliphatic heterocycles. The second-order valence-corrected chi connectivity index (χ2v) is 12.1. The number of hydrogen-bond donors (Lipinski definition) is 1. The number of carbonyl (C=O) groups excluding carboxylic acids is 3. The van der Waals surface area contributed by atoms with E-state index in [0.717, 1.165) is 16.8 Å². The van der Waals surface area contributed by atoms with Crippen LogP contribution in [0, 0.1) is 31.6 Å². The van der Waals surface area contributed by atoms with E-state index in [0.29, 0.717) is 25.8 Å². The Kier molecular flexibility index (Phi) is 8.35. The fourth-order valence-electron chi connectivity index (χ4n) is 7.51. The normalized spacial score (nSPS) is 30.1. The van der Waals surface area contributed by atoms with Crippen LogP contribution in [-0.2, 0) is 19.1 Å². The molecule has 0 saturated carbocycles. The molecule has 8 heteroatoms. The number of ether oxygens (including phenoxy) is 1. The Morgan fingerprint density at radius 3 is 2.35 bits per heavy atom. The summed E-state index contributed by atoms with van der Waals surface area (Å²) < 4.78 is 6.81. The topological polar surface area (TPSA) is 90.4 Å². The van der Waals surface area contributed by atoms with Crippen molar-refractivity contribution >= 4 is 23.4 Å². The zero-order chi connectivity index (χ0) is 29.6. The van der Waals surface area contributed by atoms with Gasteiger partial charge < -0.3 is 24.5 Å². The molecule has 3 fully saturated rings. The van der Waals surface area contributed by atoms with Crippen LogP contribution in [0.25, 0.3) is 0 Å². The lowest BCUT2D eigenvalue weighted by molar-refractivity contribution is -0.152. The number of anilines is 1. The lowest BCUT2D eigenvalue weighted by atomic mass is 9.66. The number of benzene rings is 1. The maximum absolute atomic E-state index is 14.9. The highest BCUT2D eigenvalue weighted by Gasteiger charge is 2.79. The zero-order valence-corrected chi connectivity index (χ0v) is 24.9. The van der Waals surface area contributed by atoms with Gasteiger partial charge in [-0.3, -0.25) is 14.4 Å². The highest BCUT2D eigenvalue weighted by molar-refractivity contribution is 6.06. The molecule has 1 N–H and O–H groups in total. The average Bonchev–Trinajstić information content (AvgIpc) is 3.48. The second kappa shape index (κ2) is 11.1. The molecule has 8 nitrogen and oxygen atoms in total. The first-order chi connectivity index (χ1) is 18.9. The lowest BCUT2D eigenvalue weighted by Crippen LogP contribution is -2.60. The van der Waals surface area contributed by atoms with Gasteiger partial charge in [-0.15, -0.1) is 13.2 Å². The van der Waals surface area contributed by atoms with E-state index in [4.69, 9.17) is 4.74 Å². The zero-order valence-electron chi connectivity index (χ0n) is 24.9. The average molecular weight is 552 g/mol. The van der Waals surface area contributed by atoms with Crippen molar-refractivity contribution in [3.05, 3.63) is 54.6 Å². The molecule has 3 heterocycles. The van der Waals surface area contributed by atoms with Gasteiger partial charge in [0.1, 0.15) is 11.6 Å². The second-order valence-electron chi connectivity index (χ2n) is 12.1. The van der Waals surface area contributed by atoms with E-state index in [-0.39, 0.29) is 36.8 Å². The van der Waals surface area contributed by atoms with Gasteiger partial charge in [0, 0.05) is 25.8 Å². The van der Waals surface area contributed by atoms with Gasteiger partial charge >= 0.3 is 0 Å². The smallest absolute Gasteiger partial charge is 0.253 e. The lowest BCUT2D eigenvalue weighted by Gasteiger charge is -2.41. The Balaban J connectivity index is 1.91. The molecule has 2 unspecified atom stereocenters. The number of nitrogens with zero attached hydrogens (tertiary/aromatic N) is 3. The predicted molar refractivity (Wildman–Crippen MR) is 156 cm³/mol. The summed E-state index contributed by atoms with van der Waals surface area (Å²) in [6, 6.07) is 4.30. The summed E-state index contributed by atoms with van der Waals surface area (Å²) in [6.45, 7) is 17.8.